The van der Waals surface area contributed by atoms with Crippen LogP contribution in [-0.2, 0) is 0 Å². The molecule has 0 saturated carbocycles. The number of hydrogen-bond donors (Lipinski definition) is 0. The van der Waals surface area contributed by atoms with Crippen LogP contribution in [0.4, 0.5) is 8.78 Å². The van der Waals surface area contributed by atoms with Gasteiger partial charge in [-0.15, -0.1) is 0 Å². The second-order valence-electron chi connectivity index (χ2n) is 2.14. The molecule has 0 N–H and O–H groups in total. The summed E-state index contributed by atoms with van der Waals surface area (Å²) < 4.78 is 25.0. The van der Waals surface area contributed by atoms with Crippen molar-refractivity contribution in [3.63, 3.8) is 0 Å². The van der Waals surface area contributed by atoms with Gasteiger partial charge in [0.25, 0.3) is 5.91 Å². The Kier molecular flexibility index (Phi) is 2.95. The van der Waals surface area contributed by atoms with Crippen LogP contribution in [0.5, 0.6) is 0 Å². The van der Waals surface area contributed by atoms with Crippen molar-refractivity contribution in [1.82, 2.24) is 0 Å². The molecular formula is C8H3F2NOS. The fourth-order valence-corrected chi connectivity index (χ4v) is 0.818. The first-order valence-corrected chi connectivity index (χ1v) is 3.63. The van der Waals surface area contributed by atoms with Crippen molar-refractivity contribution in [2.24, 2.45) is 4.99 Å². The summed E-state index contributed by atoms with van der Waals surface area (Å²) in [5, 5.41) is 1.84. The van der Waals surface area contributed by atoms with Gasteiger partial charge in [0.05, 0.1) is 5.16 Å². The molecule has 0 aromatic heterocycles. The van der Waals surface area contributed by atoms with Gasteiger partial charge in [0.2, 0.25) is 0 Å². The molecule has 0 aliphatic rings. The van der Waals surface area contributed by atoms with Gasteiger partial charge in [-0.05, 0) is 30.4 Å². The molecule has 1 amide bonds. The van der Waals surface area contributed by atoms with Gasteiger partial charge in [-0.1, -0.05) is 0 Å². The normalized spacial score (nSPS) is 9.08. The molecule has 0 aliphatic carbocycles. The van der Waals surface area contributed by atoms with Crippen LogP contribution in [-0.4, -0.2) is 11.1 Å². The van der Waals surface area contributed by atoms with Gasteiger partial charge in [0, 0.05) is 5.56 Å². The van der Waals surface area contributed by atoms with Crippen molar-refractivity contribution in [3.8, 4) is 0 Å². The molecule has 0 bridgehead atoms. The Morgan fingerprint density at radius 3 is 2.62 bits per heavy atom. The summed E-state index contributed by atoms with van der Waals surface area (Å²) in [6.07, 6.45) is 0. The Balaban J connectivity index is 3.10. The topological polar surface area (TPSA) is 29.4 Å². The third-order valence-electron chi connectivity index (χ3n) is 1.31. The van der Waals surface area contributed by atoms with Crippen LogP contribution < -0.4 is 0 Å². The molecule has 2 nitrogen and oxygen atoms in total. The quantitative estimate of drug-likeness (QED) is 0.512. The first kappa shape index (κ1) is 9.64. The number of thiocarbonyl (C=S) groups is 1. The Bertz CT molecular complexity index is 399. The number of carbonyl (C=O) groups excluding carboxylic acids is 1. The highest BCUT2D eigenvalue weighted by atomic mass is 32.1. The minimum atomic E-state index is -1.09. The van der Waals surface area contributed by atoms with Gasteiger partial charge in [-0.2, -0.15) is 4.99 Å². The lowest BCUT2D eigenvalue weighted by atomic mass is 10.2. The average Bonchev–Trinajstić information content (AvgIpc) is 2.10. The molecule has 13 heavy (non-hydrogen) atoms. The summed E-state index contributed by atoms with van der Waals surface area (Å²) in [5.74, 6) is -2.85. The maximum atomic E-state index is 12.6. The van der Waals surface area contributed by atoms with Crippen molar-refractivity contribution >= 4 is 23.3 Å². The summed E-state index contributed by atoms with van der Waals surface area (Å²) in [7, 11) is 0. The van der Waals surface area contributed by atoms with Crippen LogP contribution in [0.1, 0.15) is 10.4 Å². The van der Waals surface area contributed by atoms with Crippen molar-refractivity contribution < 1.29 is 13.6 Å². The van der Waals surface area contributed by atoms with E-state index in [1.807, 2.05) is 5.16 Å². The average molecular weight is 199 g/mol. The lowest BCUT2D eigenvalue weighted by Crippen LogP contribution is -1.96. The van der Waals surface area contributed by atoms with E-state index >= 15 is 0 Å². The molecule has 1 aromatic rings. The molecule has 0 atom stereocenters. The Labute approximate surface area is 77.9 Å². The predicted octanol–water partition coefficient (Wildman–Crippen LogP) is 2.21. The lowest BCUT2D eigenvalue weighted by molar-refractivity contribution is 0.100. The number of isothiocyanates is 1. The van der Waals surface area contributed by atoms with Crippen LogP contribution in [0.25, 0.3) is 0 Å². The first-order chi connectivity index (χ1) is 6.15. The van der Waals surface area contributed by atoms with Gasteiger partial charge in [-0.25, -0.2) is 8.78 Å². The van der Waals surface area contributed by atoms with Crippen LogP contribution >= 0.6 is 12.2 Å². The van der Waals surface area contributed by atoms with E-state index < -0.39 is 17.5 Å². The highest BCUT2D eigenvalue weighted by molar-refractivity contribution is 7.78. The predicted molar refractivity (Wildman–Crippen MR) is 45.7 cm³/mol. The van der Waals surface area contributed by atoms with E-state index in [2.05, 4.69) is 17.2 Å². The monoisotopic (exact) mass is 199 g/mol. The van der Waals surface area contributed by atoms with E-state index in [4.69, 9.17) is 0 Å². The van der Waals surface area contributed by atoms with Gasteiger partial charge in [0.1, 0.15) is 0 Å². The number of nitrogens with zero attached hydrogens (tertiary/aromatic N) is 1. The van der Waals surface area contributed by atoms with E-state index in [0.29, 0.717) is 0 Å². The van der Waals surface area contributed by atoms with E-state index in [9.17, 15) is 13.6 Å². The SMILES string of the molecule is O=C(N=C=S)c1ccc(F)c(F)c1. The molecule has 0 spiro atoms. The largest absolute Gasteiger partial charge is 0.285 e. The highest BCUT2D eigenvalue weighted by Gasteiger charge is 2.07. The molecule has 66 valence electrons. The van der Waals surface area contributed by atoms with Gasteiger partial charge >= 0.3 is 0 Å². The zero-order chi connectivity index (χ0) is 9.84. The van der Waals surface area contributed by atoms with Crippen molar-refractivity contribution in [3.05, 3.63) is 35.4 Å². The highest BCUT2D eigenvalue weighted by Crippen LogP contribution is 2.09. The molecule has 0 fully saturated rings. The Hall–Kier alpha value is -1.45. The molecule has 5 heteroatoms. The third kappa shape index (κ3) is 2.24. The number of benzene rings is 1. The first-order valence-electron chi connectivity index (χ1n) is 3.22. The van der Waals surface area contributed by atoms with Gasteiger partial charge in [0.15, 0.2) is 11.6 Å². The van der Waals surface area contributed by atoms with Crippen LogP contribution in [0.15, 0.2) is 23.2 Å². The number of carbonyl (C=O) groups is 1. The van der Waals surface area contributed by atoms with Gasteiger partial charge < -0.3 is 0 Å². The van der Waals surface area contributed by atoms with Crippen molar-refractivity contribution in [2.45, 2.75) is 0 Å². The molecule has 1 aromatic carbocycles. The van der Waals surface area contributed by atoms with Gasteiger partial charge in [-0.3, -0.25) is 4.79 Å². The van der Waals surface area contributed by atoms with E-state index in [0.717, 1.165) is 18.2 Å². The zero-order valence-electron chi connectivity index (χ0n) is 6.25. The van der Waals surface area contributed by atoms with E-state index in [1.165, 1.54) is 0 Å². The maximum Gasteiger partial charge on any atom is 0.285 e. The smallest absolute Gasteiger partial charge is 0.266 e. The third-order valence-corrected chi connectivity index (χ3v) is 1.41. The molecule has 0 aliphatic heterocycles. The molecule has 1 rings (SSSR count). The molecular weight excluding hydrogens is 196 g/mol. The molecule has 0 saturated heterocycles. The van der Waals surface area contributed by atoms with Crippen LogP contribution in [0, 0.1) is 11.6 Å². The van der Waals surface area contributed by atoms with Crippen LogP contribution in [0.3, 0.4) is 0 Å². The van der Waals surface area contributed by atoms with E-state index in [-0.39, 0.29) is 5.56 Å². The summed E-state index contributed by atoms with van der Waals surface area (Å²) >= 11 is 4.18. The van der Waals surface area contributed by atoms with E-state index in [1.54, 1.807) is 0 Å². The Morgan fingerprint density at radius 2 is 2.08 bits per heavy atom. The fraction of sp³-hybridized carbons (Fsp3) is 0. The molecule has 0 heterocycles. The number of rotatable bonds is 1. The lowest BCUT2D eigenvalue weighted by Gasteiger charge is -1.94. The summed E-state index contributed by atoms with van der Waals surface area (Å²) in [5.41, 5.74) is -0.0590. The minimum Gasteiger partial charge on any atom is -0.266 e. The number of amides is 1. The fourth-order valence-electron chi connectivity index (χ4n) is 0.735. The van der Waals surface area contributed by atoms with Crippen molar-refractivity contribution in [1.29, 1.82) is 0 Å². The van der Waals surface area contributed by atoms with Crippen molar-refractivity contribution in [2.75, 3.05) is 0 Å². The Morgan fingerprint density at radius 1 is 1.38 bits per heavy atom. The number of aliphatic imine (C=N–C) groups is 1. The minimum absolute atomic E-state index is 0.0590. The maximum absolute atomic E-state index is 12.6. The second kappa shape index (κ2) is 3.98. The zero-order valence-corrected chi connectivity index (χ0v) is 7.07. The standard InChI is InChI=1S/C8H3F2NOS/c9-6-2-1-5(3-7(6)10)8(12)11-4-13/h1-3H. The summed E-state index contributed by atoms with van der Waals surface area (Å²) in [4.78, 5) is 14.0. The second-order valence-corrected chi connectivity index (χ2v) is 2.32. The number of hydrogen-bond acceptors (Lipinski definition) is 2. The molecule has 0 radical (unpaired) electrons. The van der Waals surface area contributed by atoms with Crippen LogP contribution in [0.2, 0.25) is 0 Å². The summed E-state index contributed by atoms with van der Waals surface area (Å²) in [6, 6.07) is 2.73. The summed E-state index contributed by atoms with van der Waals surface area (Å²) in [6.45, 7) is 0. The molecule has 0 unspecified atom stereocenters. The number of halogens is 2.